The van der Waals surface area contributed by atoms with Crippen LogP contribution >= 0.6 is 0 Å². The maximum absolute atomic E-state index is 6.32. The summed E-state index contributed by atoms with van der Waals surface area (Å²) in [5, 5.41) is 4.66. The number of piperidine rings is 3. The van der Waals surface area contributed by atoms with Crippen molar-refractivity contribution in [3.8, 4) is 17.4 Å². The Bertz CT molecular complexity index is 649. The van der Waals surface area contributed by atoms with E-state index in [-0.39, 0.29) is 5.60 Å². The molecule has 1 atom stereocenters. The van der Waals surface area contributed by atoms with Crippen LogP contribution in [0.4, 0.5) is 0 Å². The second-order valence-corrected chi connectivity index (χ2v) is 6.46. The molecule has 5 nitrogen and oxygen atoms in total. The number of hydrogen-bond acceptors (Lipinski definition) is 4. The van der Waals surface area contributed by atoms with Gasteiger partial charge < -0.3 is 4.74 Å². The van der Waals surface area contributed by atoms with Crippen LogP contribution in [0.2, 0.25) is 0 Å². The minimum absolute atomic E-state index is 0.0684. The lowest BCUT2D eigenvalue weighted by Crippen LogP contribution is -2.61. The molecule has 108 valence electrons. The second-order valence-electron chi connectivity index (χ2n) is 6.46. The van der Waals surface area contributed by atoms with E-state index in [4.69, 9.17) is 4.74 Å². The summed E-state index contributed by atoms with van der Waals surface area (Å²) in [6, 6.07) is 10.8. The molecule has 1 spiro atoms. The van der Waals surface area contributed by atoms with Crippen molar-refractivity contribution in [2.75, 3.05) is 19.6 Å². The van der Waals surface area contributed by atoms with E-state index in [1.165, 1.54) is 25.9 Å². The Morgan fingerprint density at radius 1 is 1.10 bits per heavy atom. The van der Waals surface area contributed by atoms with Crippen molar-refractivity contribution >= 4 is 0 Å². The van der Waals surface area contributed by atoms with E-state index in [0.717, 1.165) is 24.5 Å². The maximum Gasteiger partial charge on any atom is 0.316 e. The summed E-state index contributed by atoms with van der Waals surface area (Å²) in [5.74, 6) is 1.42. The predicted molar refractivity (Wildman–Crippen MR) is 78.0 cm³/mol. The first-order valence-electron chi connectivity index (χ1n) is 7.74. The number of nitrogens with zero attached hydrogens (tertiary/aromatic N) is 4. The largest absolute Gasteiger partial charge is 0.453 e. The van der Waals surface area contributed by atoms with Gasteiger partial charge in [0.2, 0.25) is 0 Å². The molecule has 4 aliphatic heterocycles. The van der Waals surface area contributed by atoms with Crippen LogP contribution in [0.5, 0.6) is 6.01 Å². The van der Waals surface area contributed by atoms with Gasteiger partial charge in [-0.2, -0.15) is 4.98 Å². The van der Waals surface area contributed by atoms with Crippen molar-refractivity contribution in [3.63, 3.8) is 0 Å². The zero-order valence-corrected chi connectivity index (χ0v) is 11.9. The van der Waals surface area contributed by atoms with Gasteiger partial charge in [-0.05, 0) is 25.9 Å². The minimum atomic E-state index is -0.0684. The highest BCUT2D eigenvalue weighted by Crippen LogP contribution is 2.43. The van der Waals surface area contributed by atoms with E-state index in [2.05, 4.69) is 15.0 Å². The molecule has 3 fully saturated rings. The molecule has 0 N–H and O–H groups in total. The van der Waals surface area contributed by atoms with Crippen molar-refractivity contribution in [1.82, 2.24) is 19.7 Å². The van der Waals surface area contributed by atoms with Gasteiger partial charge in [-0.15, -0.1) is 5.10 Å². The van der Waals surface area contributed by atoms with Gasteiger partial charge >= 0.3 is 6.01 Å². The number of fused-ring (bicyclic) bond motifs is 3. The van der Waals surface area contributed by atoms with E-state index < -0.39 is 0 Å². The number of aromatic nitrogens is 3. The summed E-state index contributed by atoms with van der Waals surface area (Å²) in [7, 11) is 0. The zero-order valence-electron chi connectivity index (χ0n) is 11.9. The smallest absolute Gasteiger partial charge is 0.316 e. The fraction of sp³-hybridized carbons (Fsp3) is 0.500. The van der Waals surface area contributed by atoms with E-state index in [9.17, 15) is 0 Å². The molecule has 0 aliphatic carbocycles. The lowest BCUT2D eigenvalue weighted by Gasteiger charge is -2.49. The van der Waals surface area contributed by atoms with Crippen LogP contribution in [0, 0.1) is 5.92 Å². The molecule has 1 aromatic heterocycles. The Hall–Kier alpha value is -1.88. The van der Waals surface area contributed by atoms with E-state index >= 15 is 0 Å². The molecule has 5 heterocycles. The first-order valence-corrected chi connectivity index (χ1v) is 7.74. The normalized spacial score (nSPS) is 33.1. The SMILES string of the molecule is c1ccc(-c2nc3n(n2)CC2(CN4CCC2CC4)O3)cc1. The molecule has 5 heteroatoms. The summed E-state index contributed by atoms with van der Waals surface area (Å²) >= 11 is 0. The second kappa shape index (κ2) is 4.07. The van der Waals surface area contributed by atoms with Gasteiger partial charge in [0.05, 0.1) is 6.54 Å². The summed E-state index contributed by atoms with van der Waals surface area (Å²) in [5.41, 5.74) is 0.979. The summed E-state index contributed by atoms with van der Waals surface area (Å²) in [4.78, 5) is 7.12. The molecule has 3 saturated heterocycles. The highest BCUT2D eigenvalue weighted by molar-refractivity contribution is 5.54. The summed E-state index contributed by atoms with van der Waals surface area (Å²) in [6.45, 7) is 4.33. The predicted octanol–water partition coefficient (Wildman–Crippen LogP) is 1.80. The molecule has 1 aromatic carbocycles. The zero-order chi connectivity index (χ0) is 13.9. The van der Waals surface area contributed by atoms with Gasteiger partial charge in [-0.25, -0.2) is 4.68 Å². The molecule has 4 aliphatic rings. The van der Waals surface area contributed by atoms with Gasteiger partial charge in [0.25, 0.3) is 0 Å². The van der Waals surface area contributed by atoms with Crippen molar-refractivity contribution < 1.29 is 4.74 Å². The number of hydrogen-bond donors (Lipinski definition) is 0. The van der Waals surface area contributed by atoms with Crippen LogP contribution in [0.1, 0.15) is 12.8 Å². The first kappa shape index (κ1) is 11.7. The third kappa shape index (κ3) is 1.67. The third-order valence-electron chi connectivity index (χ3n) is 5.20. The van der Waals surface area contributed by atoms with E-state index in [1.807, 2.05) is 35.0 Å². The number of ether oxygens (including phenoxy) is 1. The standard InChI is InChI=1S/C16H18N4O/c1-2-4-12(5-3-1)14-17-15-20(18-14)11-16(21-15)10-19-8-6-13(16)7-9-19/h1-5,13H,6-11H2. The van der Waals surface area contributed by atoms with Crippen molar-refractivity contribution in [3.05, 3.63) is 30.3 Å². The maximum atomic E-state index is 6.32. The monoisotopic (exact) mass is 282 g/mol. The fourth-order valence-corrected chi connectivity index (χ4v) is 4.10. The van der Waals surface area contributed by atoms with Gasteiger partial charge in [0.1, 0.15) is 5.60 Å². The fourth-order valence-electron chi connectivity index (χ4n) is 4.10. The molecule has 2 aromatic rings. The van der Waals surface area contributed by atoms with Crippen LogP contribution in [-0.4, -0.2) is 44.9 Å². The van der Waals surface area contributed by atoms with Crippen molar-refractivity contribution in [2.45, 2.75) is 25.0 Å². The molecule has 0 amide bonds. The van der Waals surface area contributed by atoms with E-state index in [1.54, 1.807) is 0 Å². The minimum Gasteiger partial charge on any atom is -0.453 e. The Morgan fingerprint density at radius 2 is 1.90 bits per heavy atom. The van der Waals surface area contributed by atoms with Gasteiger partial charge in [-0.3, -0.25) is 4.90 Å². The van der Waals surface area contributed by atoms with Crippen molar-refractivity contribution in [2.24, 2.45) is 5.92 Å². The molecule has 2 bridgehead atoms. The summed E-state index contributed by atoms with van der Waals surface area (Å²) in [6.07, 6.45) is 2.49. The van der Waals surface area contributed by atoms with E-state index in [0.29, 0.717) is 11.9 Å². The van der Waals surface area contributed by atoms with Crippen LogP contribution in [-0.2, 0) is 6.54 Å². The van der Waals surface area contributed by atoms with Crippen LogP contribution < -0.4 is 4.74 Å². The Labute approximate surface area is 123 Å². The molecular weight excluding hydrogens is 264 g/mol. The summed E-state index contributed by atoms with van der Waals surface area (Å²) < 4.78 is 8.28. The van der Waals surface area contributed by atoms with Gasteiger partial charge in [0.15, 0.2) is 5.82 Å². The Kier molecular flexibility index (Phi) is 2.28. The number of benzene rings is 1. The molecule has 0 saturated carbocycles. The third-order valence-corrected chi connectivity index (χ3v) is 5.20. The molecule has 21 heavy (non-hydrogen) atoms. The van der Waals surface area contributed by atoms with Crippen LogP contribution in [0.15, 0.2) is 30.3 Å². The Morgan fingerprint density at radius 3 is 2.57 bits per heavy atom. The first-order chi connectivity index (χ1) is 10.3. The lowest BCUT2D eigenvalue weighted by molar-refractivity contribution is -0.0838. The molecule has 0 radical (unpaired) electrons. The van der Waals surface area contributed by atoms with Crippen LogP contribution in [0.25, 0.3) is 11.4 Å². The topological polar surface area (TPSA) is 43.2 Å². The highest BCUT2D eigenvalue weighted by atomic mass is 16.5. The van der Waals surface area contributed by atoms with Crippen LogP contribution in [0.3, 0.4) is 0 Å². The van der Waals surface area contributed by atoms with Gasteiger partial charge in [-0.1, -0.05) is 30.3 Å². The molecule has 1 unspecified atom stereocenters. The average molecular weight is 282 g/mol. The quantitative estimate of drug-likeness (QED) is 0.800. The van der Waals surface area contributed by atoms with Gasteiger partial charge in [0, 0.05) is 18.0 Å². The average Bonchev–Trinajstić information content (AvgIpc) is 3.05. The molecular formula is C16H18N4O. The molecule has 6 rings (SSSR count). The highest BCUT2D eigenvalue weighted by Gasteiger charge is 2.53. The number of rotatable bonds is 1. The lowest BCUT2D eigenvalue weighted by atomic mass is 9.75. The Balaban J connectivity index is 1.46. The van der Waals surface area contributed by atoms with Crippen molar-refractivity contribution in [1.29, 1.82) is 0 Å².